The normalized spacial score (nSPS) is 10.8. The van der Waals surface area contributed by atoms with Gasteiger partial charge in [-0.25, -0.2) is 0 Å². The molecule has 2 N–H and O–H groups in total. The molecule has 3 aromatic rings. The lowest BCUT2D eigenvalue weighted by atomic mass is 10.1. The van der Waals surface area contributed by atoms with Crippen molar-refractivity contribution in [3.63, 3.8) is 0 Å². The first kappa shape index (κ1) is 23.6. The SMILES string of the molecule is Cc1ccc(NC(=O)COc2ccc(C=C(C#N)C(=O)Nc3cc(Cl)ccc3C)cc2)cc1. The molecule has 0 unspecified atom stereocenters. The van der Waals surface area contributed by atoms with E-state index in [-0.39, 0.29) is 18.1 Å². The summed E-state index contributed by atoms with van der Waals surface area (Å²) in [6, 6.07) is 21.3. The second kappa shape index (κ2) is 11.0. The third kappa shape index (κ3) is 6.96. The van der Waals surface area contributed by atoms with E-state index in [1.165, 1.54) is 6.08 Å². The van der Waals surface area contributed by atoms with Gasteiger partial charge < -0.3 is 15.4 Å². The second-order valence-corrected chi connectivity index (χ2v) is 7.79. The fourth-order valence-electron chi connectivity index (χ4n) is 2.88. The number of halogens is 1. The second-order valence-electron chi connectivity index (χ2n) is 7.36. The van der Waals surface area contributed by atoms with Crippen molar-refractivity contribution in [1.29, 1.82) is 5.26 Å². The van der Waals surface area contributed by atoms with E-state index >= 15 is 0 Å². The van der Waals surface area contributed by atoms with Crippen LogP contribution >= 0.6 is 11.6 Å². The Balaban J connectivity index is 1.59. The highest BCUT2D eigenvalue weighted by molar-refractivity contribution is 6.31. The number of nitriles is 1. The topological polar surface area (TPSA) is 91.2 Å². The number of amides is 2. The van der Waals surface area contributed by atoms with Gasteiger partial charge in [0.1, 0.15) is 17.4 Å². The van der Waals surface area contributed by atoms with Gasteiger partial charge in [-0.3, -0.25) is 9.59 Å². The predicted molar refractivity (Wildman–Crippen MR) is 130 cm³/mol. The zero-order valence-electron chi connectivity index (χ0n) is 18.2. The quantitative estimate of drug-likeness (QED) is 0.359. The lowest BCUT2D eigenvalue weighted by Gasteiger charge is -2.09. The van der Waals surface area contributed by atoms with Crippen LogP contribution in [0, 0.1) is 25.2 Å². The molecule has 0 bridgehead atoms. The fraction of sp³-hybridized carbons (Fsp3) is 0.115. The maximum Gasteiger partial charge on any atom is 0.266 e. The summed E-state index contributed by atoms with van der Waals surface area (Å²) < 4.78 is 5.51. The van der Waals surface area contributed by atoms with Crippen molar-refractivity contribution >= 4 is 40.9 Å². The molecule has 0 fully saturated rings. The van der Waals surface area contributed by atoms with E-state index in [0.29, 0.717) is 27.7 Å². The van der Waals surface area contributed by atoms with Gasteiger partial charge in [-0.1, -0.05) is 47.5 Å². The van der Waals surface area contributed by atoms with E-state index in [1.54, 1.807) is 42.5 Å². The molecule has 0 saturated carbocycles. The molecule has 7 heteroatoms. The summed E-state index contributed by atoms with van der Waals surface area (Å²) >= 11 is 5.98. The molecule has 0 atom stereocenters. The third-order valence-corrected chi connectivity index (χ3v) is 4.94. The molecule has 0 aromatic heterocycles. The Labute approximate surface area is 197 Å². The van der Waals surface area contributed by atoms with Crippen molar-refractivity contribution in [2.24, 2.45) is 0 Å². The molecular weight excluding hydrogens is 438 g/mol. The van der Waals surface area contributed by atoms with Gasteiger partial charge in [-0.05, 0) is 67.4 Å². The summed E-state index contributed by atoms with van der Waals surface area (Å²) in [5.74, 6) is -0.317. The first-order valence-corrected chi connectivity index (χ1v) is 10.5. The molecule has 0 aliphatic rings. The van der Waals surface area contributed by atoms with Crippen molar-refractivity contribution in [2.45, 2.75) is 13.8 Å². The summed E-state index contributed by atoms with van der Waals surface area (Å²) in [4.78, 5) is 24.6. The summed E-state index contributed by atoms with van der Waals surface area (Å²) in [6.45, 7) is 3.66. The zero-order chi connectivity index (χ0) is 23.8. The fourth-order valence-corrected chi connectivity index (χ4v) is 3.05. The minimum Gasteiger partial charge on any atom is -0.484 e. The van der Waals surface area contributed by atoms with E-state index in [4.69, 9.17) is 16.3 Å². The van der Waals surface area contributed by atoms with Gasteiger partial charge in [0.25, 0.3) is 11.8 Å². The number of carbonyl (C=O) groups excluding carboxylic acids is 2. The summed E-state index contributed by atoms with van der Waals surface area (Å²) in [5, 5.41) is 15.4. The lowest BCUT2D eigenvalue weighted by molar-refractivity contribution is -0.118. The maximum absolute atomic E-state index is 12.5. The molecule has 0 heterocycles. The third-order valence-electron chi connectivity index (χ3n) is 4.71. The average Bonchev–Trinajstić information content (AvgIpc) is 2.80. The Hall–Kier alpha value is -4.08. The van der Waals surface area contributed by atoms with Gasteiger partial charge >= 0.3 is 0 Å². The number of carbonyl (C=O) groups is 2. The number of hydrogen-bond acceptors (Lipinski definition) is 4. The molecule has 0 radical (unpaired) electrons. The van der Waals surface area contributed by atoms with Crippen LogP contribution in [0.2, 0.25) is 5.02 Å². The van der Waals surface area contributed by atoms with E-state index < -0.39 is 5.91 Å². The number of nitrogens with zero attached hydrogens (tertiary/aromatic N) is 1. The summed E-state index contributed by atoms with van der Waals surface area (Å²) in [6.07, 6.45) is 1.48. The van der Waals surface area contributed by atoms with Gasteiger partial charge in [0.15, 0.2) is 6.61 Å². The Morgan fingerprint density at radius 3 is 2.36 bits per heavy atom. The number of nitrogens with one attached hydrogen (secondary N) is 2. The Morgan fingerprint density at radius 2 is 1.70 bits per heavy atom. The van der Waals surface area contributed by atoms with Crippen LogP contribution in [-0.4, -0.2) is 18.4 Å². The number of benzene rings is 3. The van der Waals surface area contributed by atoms with Gasteiger partial charge in [0, 0.05) is 16.4 Å². The maximum atomic E-state index is 12.5. The molecule has 2 amide bonds. The number of anilines is 2. The van der Waals surface area contributed by atoms with Crippen molar-refractivity contribution in [3.05, 3.63) is 94.0 Å². The van der Waals surface area contributed by atoms with Gasteiger partial charge in [0.05, 0.1) is 0 Å². The van der Waals surface area contributed by atoms with Crippen LogP contribution in [0.4, 0.5) is 11.4 Å². The highest BCUT2D eigenvalue weighted by atomic mass is 35.5. The molecule has 3 rings (SSSR count). The average molecular weight is 460 g/mol. The molecule has 0 spiro atoms. The van der Waals surface area contributed by atoms with E-state index in [2.05, 4.69) is 10.6 Å². The molecular formula is C26H22ClN3O3. The van der Waals surface area contributed by atoms with Crippen molar-refractivity contribution in [2.75, 3.05) is 17.2 Å². The van der Waals surface area contributed by atoms with Crippen molar-refractivity contribution < 1.29 is 14.3 Å². The van der Waals surface area contributed by atoms with E-state index in [0.717, 1.165) is 11.1 Å². The predicted octanol–water partition coefficient (Wildman–Crippen LogP) is 5.52. The number of hydrogen-bond donors (Lipinski definition) is 2. The molecule has 0 saturated heterocycles. The van der Waals surface area contributed by atoms with Crippen LogP contribution in [0.1, 0.15) is 16.7 Å². The summed E-state index contributed by atoms with van der Waals surface area (Å²) in [5.41, 5.74) is 3.76. The van der Waals surface area contributed by atoms with Gasteiger partial charge in [-0.2, -0.15) is 5.26 Å². The molecule has 166 valence electrons. The van der Waals surface area contributed by atoms with Crippen molar-refractivity contribution in [1.82, 2.24) is 0 Å². The van der Waals surface area contributed by atoms with E-state index in [9.17, 15) is 14.9 Å². The van der Waals surface area contributed by atoms with Crippen LogP contribution in [0.15, 0.2) is 72.3 Å². The van der Waals surface area contributed by atoms with Crippen LogP contribution < -0.4 is 15.4 Å². The zero-order valence-corrected chi connectivity index (χ0v) is 18.9. The first-order chi connectivity index (χ1) is 15.8. The Kier molecular flexibility index (Phi) is 7.85. The minimum absolute atomic E-state index is 0.0551. The number of rotatable bonds is 7. The molecule has 33 heavy (non-hydrogen) atoms. The first-order valence-electron chi connectivity index (χ1n) is 10.1. The minimum atomic E-state index is -0.532. The van der Waals surface area contributed by atoms with E-state index in [1.807, 2.05) is 44.2 Å². The lowest BCUT2D eigenvalue weighted by Crippen LogP contribution is -2.20. The van der Waals surface area contributed by atoms with Crippen LogP contribution in [0.25, 0.3) is 6.08 Å². The number of aryl methyl sites for hydroxylation is 2. The monoisotopic (exact) mass is 459 g/mol. The Morgan fingerprint density at radius 1 is 1.00 bits per heavy atom. The van der Waals surface area contributed by atoms with Gasteiger partial charge in [-0.15, -0.1) is 0 Å². The van der Waals surface area contributed by atoms with Crippen LogP contribution in [-0.2, 0) is 9.59 Å². The standard InChI is InChI=1S/C26H22ClN3O3/c1-17-3-9-22(10-4-17)29-25(31)16-33-23-11-6-19(7-12-23)13-20(15-28)26(32)30-24-14-21(27)8-5-18(24)2/h3-14H,16H2,1-2H3,(H,29,31)(H,30,32). The van der Waals surface area contributed by atoms with Crippen LogP contribution in [0.3, 0.4) is 0 Å². The molecule has 6 nitrogen and oxygen atoms in total. The molecule has 3 aromatic carbocycles. The highest BCUT2D eigenvalue weighted by Crippen LogP contribution is 2.21. The van der Waals surface area contributed by atoms with Crippen molar-refractivity contribution in [3.8, 4) is 11.8 Å². The smallest absolute Gasteiger partial charge is 0.266 e. The number of ether oxygens (including phenoxy) is 1. The summed E-state index contributed by atoms with van der Waals surface area (Å²) in [7, 11) is 0. The largest absolute Gasteiger partial charge is 0.484 e. The Bertz CT molecular complexity index is 1230. The van der Waals surface area contributed by atoms with Gasteiger partial charge in [0.2, 0.25) is 0 Å². The molecule has 0 aliphatic heterocycles. The highest BCUT2D eigenvalue weighted by Gasteiger charge is 2.11. The van der Waals surface area contributed by atoms with Crippen LogP contribution in [0.5, 0.6) is 5.75 Å². The molecule has 0 aliphatic carbocycles.